The van der Waals surface area contributed by atoms with Gasteiger partial charge in [-0.25, -0.2) is 8.42 Å². The Kier molecular flexibility index (Phi) is 5.06. The number of sulfonamides is 1. The van der Waals surface area contributed by atoms with Gasteiger partial charge in [-0.15, -0.1) is 11.3 Å². The van der Waals surface area contributed by atoms with Gasteiger partial charge in [0.1, 0.15) is 10.3 Å². The summed E-state index contributed by atoms with van der Waals surface area (Å²) >= 11 is 1.23. The van der Waals surface area contributed by atoms with Crippen LogP contribution in [0.15, 0.2) is 16.3 Å². The number of hydrogen-bond donors (Lipinski definition) is 1. The number of rotatable bonds is 5. The lowest BCUT2D eigenvalue weighted by molar-refractivity contribution is -0.143. The predicted molar refractivity (Wildman–Crippen MR) is 82.0 cm³/mol. The van der Waals surface area contributed by atoms with Crippen molar-refractivity contribution in [2.45, 2.75) is 49.8 Å². The summed E-state index contributed by atoms with van der Waals surface area (Å²) < 4.78 is 26.8. The summed E-state index contributed by atoms with van der Waals surface area (Å²) in [6, 6.07) is 2.44. The van der Waals surface area contributed by atoms with E-state index in [1.165, 1.54) is 15.6 Å². The van der Waals surface area contributed by atoms with Crippen LogP contribution in [0.3, 0.4) is 0 Å². The Bertz CT molecular complexity index is 608. The Morgan fingerprint density at radius 3 is 2.67 bits per heavy atom. The van der Waals surface area contributed by atoms with Crippen LogP contribution in [0.25, 0.3) is 0 Å². The Morgan fingerprint density at radius 1 is 1.43 bits per heavy atom. The van der Waals surface area contributed by atoms with Crippen molar-refractivity contribution < 1.29 is 18.3 Å². The molecule has 0 aromatic carbocycles. The van der Waals surface area contributed by atoms with Gasteiger partial charge in [0.05, 0.1) is 0 Å². The van der Waals surface area contributed by atoms with E-state index in [-0.39, 0.29) is 16.7 Å². The predicted octanol–water partition coefficient (Wildman–Crippen LogP) is 2.57. The number of piperidine rings is 1. The van der Waals surface area contributed by atoms with Gasteiger partial charge in [0.2, 0.25) is 0 Å². The molecule has 0 bridgehead atoms. The number of nitrogens with zero attached hydrogens (tertiary/aromatic N) is 1. The van der Waals surface area contributed by atoms with E-state index in [1.54, 1.807) is 12.1 Å². The molecule has 2 atom stereocenters. The molecule has 0 radical (unpaired) electrons. The molecule has 1 aliphatic rings. The van der Waals surface area contributed by atoms with Crippen molar-refractivity contribution in [3.63, 3.8) is 0 Å². The maximum absolute atomic E-state index is 12.7. The molecule has 21 heavy (non-hydrogen) atoms. The van der Waals surface area contributed by atoms with Gasteiger partial charge < -0.3 is 5.11 Å². The van der Waals surface area contributed by atoms with E-state index < -0.39 is 22.0 Å². The van der Waals surface area contributed by atoms with Crippen LogP contribution in [0.1, 0.15) is 38.0 Å². The molecule has 7 heteroatoms. The number of carboxylic acid groups (broad SMARTS) is 1. The Hall–Kier alpha value is -0.920. The summed E-state index contributed by atoms with van der Waals surface area (Å²) in [5.41, 5.74) is 0. The van der Waals surface area contributed by atoms with Crippen LogP contribution < -0.4 is 0 Å². The third kappa shape index (κ3) is 3.30. The van der Waals surface area contributed by atoms with Crippen LogP contribution in [0.2, 0.25) is 0 Å². The summed E-state index contributed by atoms with van der Waals surface area (Å²) in [6.45, 7) is 4.27. The van der Waals surface area contributed by atoms with Crippen molar-refractivity contribution in [1.29, 1.82) is 0 Å². The molecule has 0 spiro atoms. The van der Waals surface area contributed by atoms with Crippen LogP contribution in [0.5, 0.6) is 0 Å². The quantitative estimate of drug-likeness (QED) is 0.900. The average Bonchev–Trinajstić information content (AvgIpc) is 2.96. The maximum Gasteiger partial charge on any atom is 0.322 e. The maximum atomic E-state index is 12.7. The molecule has 0 amide bonds. The number of aliphatic carboxylic acids is 1. The minimum Gasteiger partial charge on any atom is -0.480 e. The van der Waals surface area contributed by atoms with E-state index >= 15 is 0 Å². The van der Waals surface area contributed by atoms with Gasteiger partial charge in [-0.3, -0.25) is 4.79 Å². The zero-order valence-corrected chi connectivity index (χ0v) is 13.9. The fourth-order valence-corrected chi connectivity index (χ4v) is 5.73. The lowest BCUT2D eigenvalue weighted by Gasteiger charge is -2.35. The zero-order valence-electron chi connectivity index (χ0n) is 12.3. The van der Waals surface area contributed by atoms with E-state index in [9.17, 15) is 18.3 Å². The zero-order chi connectivity index (χ0) is 15.6. The molecule has 0 aliphatic carbocycles. The fourth-order valence-electron chi connectivity index (χ4n) is 2.70. The first-order valence-corrected chi connectivity index (χ1v) is 9.49. The van der Waals surface area contributed by atoms with Crippen LogP contribution >= 0.6 is 11.3 Å². The van der Waals surface area contributed by atoms with Gasteiger partial charge in [-0.2, -0.15) is 4.31 Å². The lowest BCUT2D eigenvalue weighted by atomic mass is 9.90. The van der Waals surface area contributed by atoms with Gasteiger partial charge >= 0.3 is 5.97 Å². The van der Waals surface area contributed by atoms with Gasteiger partial charge in [0, 0.05) is 11.4 Å². The van der Waals surface area contributed by atoms with E-state index in [1.807, 2.05) is 13.8 Å². The van der Waals surface area contributed by atoms with Crippen molar-refractivity contribution in [2.24, 2.45) is 5.92 Å². The highest BCUT2D eigenvalue weighted by Crippen LogP contribution is 2.32. The molecule has 1 aromatic rings. The van der Waals surface area contributed by atoms with Gasteiger partial charge in [-0.1, -0.05) is 20.3 Å². The molecular formula is C14H21NO4S2. The van der Waals surface area contributed by atoms with Crippen molar-refractivity contribution in [2.75, 3.05) is 6.54 Å². The molecule has 2 unspecified atom stereocenters. The van der Waals surface area contributed by atoms with Crippen LogP contribution in [-0.2, 0) is 21.2 Å². The summed E-state index contributed by atoms with van der Waals surface area (Å²) in [7, 11) is -3.71. The van der Waals surface area contributed by atoms with E-state index in [2.05, 4.69) is 0 Å². The second-order valence-electron chi connectivity index (χ2n) is 5.34. The highest BCUT2D eigenvalue weighted by molar-refractivity contribution is 7.91. The molecule has 2 heterocycles. The Morgan fingerprint density at radius 2 is 2.14 bits per heavy atom. The number of hydrogen-bond acceptors (Lipinski definition) is 4. The van der Waals surface area contributed by atoms with Crippen molar-refractivity contribution in [1.82, 2.24) is 4.31 Å². The smallest absolute Gasteiger partial charge is 0.322 e. The van der Waals surface area contributed by atoms with E-state index in [4.69, 9.17) is 0 Å². The highest BCUT2D eigenvalue weighted by Gasteiger charge is 2.40. The fraction of sp³-hybridized carbons (Fsp3) is 0.643. The molecular weight excluding hydrogens is 310 g/mol. The van der Waals surface area contributed by atoms with E-state index in [0.717, 1.165) is 24.1 Å². The minimum absolute atomic E-state index is 0.251. The lowest BCUT2D eigenvalue weighted by Crippen LogP contribution is -2.49. The largest absolute Gasteiger partial charge is 0.480 e. The average molecular weight is 331 g/mol. The molecule has 1 aromatic heterocycles. The number of thiophene rings is 1. The van der Waals surface area contributed by atoms with E-state index in [0.29, 0.717) is 6.42 Å². The van der Waals surface area contributed by atoms with Gasteiger partial charge in [0.25, 0.3) is 10.0 Å². The highest BCUT2D eigenvalue weighted by atomic mass is 32.2. The molecule has 1 saturated heterocycles. The molecule has 118 valence electrons. The number of carboxylic acids is 1. The Balaban J connectivity index is 2.31. The molecule has 2 rings (SSSR count). The van der Waals surface area contributed by atoms with Gasteiger partial charge in [0.15, 0.2) is 0 Å². The normalized spacial score (nSPS) is 24.1. The summed E-state index contributed by atoms with van der Waals surface area (Å²) in [4.78, 5) is 12.5. The summed E-state index contributed by atoms with van der Waals surface area (Å²) in [5, 5.41) is 9.38. The molecule has 1 N–H and O–H groups in total. The first kappa shape index (κ1) is 16.5. The first-order valence-electron chi connectivity index (χ1n) is 7.23. The first-order chi connectivity index (χ1) is 9.90. The summed E-state index contributed by atoms with van der Waals surface area (Å²) in [5.74, 6) is -0.768. The van der Waals surface area contributed by atoms with Crippen molar-refractivity contribution in [3.05, 3.63) is 17.0 Å². The molecule has 1 fully saturated rings. The van der Waals surface area contributed by atoms with Gasteiger partial charge in [-0.05, 0) is 37.3 Å². The van der Waals surface area contributed by atoms with Crippen LogP contribution in [0.4, 0.5) is 0 Å². The van der Waals surface area contributed by atoms with Crippen molar-refractivity contribution in [3.8, 4) is 0 Å². The number of aryl methyl sites for hydroxylation is 1. The Labute approximate surface area is 129 Å². The topological polar surface area (TPSA) is 74.7 Å². The standard InChI is InChI=1S/C14H21NO4S2/c1-3-10-7-8-15(12(9-10)14(16)17)21(18,19)13-6-5-11(4-2)20-13/h5-6,10,12H,3-4,7-9H2,1-2H3,(H,16,17). The van der Waals surface area contributed by atoms with Crippen LogP contribution in [-0.4, -0.2) is 36.4 Å². The monoisotopic (exact) mass is 331 g/mol. The minimum atomic E-state index is -3.71. The molecule has 5 nitrogen and oxygen atoms in total. The molecule has 1 aliphatic heterocycles. The summed E-state index contributed by atoms with van der Waals surface area (Å²) in [6.07, 6.45) is 2.79. The number of carbonyl (C=O) groups is 1. The third-order valence-electron chi connectivity index (χ3n) is 4.07. The SMILES string of the molecule is CCc1ccc(S(=O)(=O)N2CCC(CC)CC2C(=O)O)s1. The third-order valence-corrected chi connectivity index (χ3v) is 7.68. The van der Waals surface area contributed by atoms with Crippen molar-refractivity contribution >= 4 is 27.3 Å². The second kappa shape index (κ2) is 6.46. The molecule has 0 saturated carbocycles. The van der Waals surface area contributed by atoms with Crippen LogP contribution in [0, 0.1) is 5.92 Å². The second-order valence-corrected chi connectivity index (χ2v) is 8.63.